The van der Waals surface area contributed by atoms with Crippen molar-refractivity contribution in [3.63, 3.8) is 0 Å². The molecule has 0 atom stereocenters. The molecule has 3 N–H and O–H groups in total. The van der Waals surface area contributed by atoms with Crippen molar-refractivity contribution >= 4 is 21.5 Å². The van der Waals surface area contributed by atoms with Crippen LogP contribution in [0.3, 0.4) is 0 Å². The van der Waals surface area contributed by atoms with Crippen molar-refractivity contribution in [2.75, 3.05) is 11.6 Å². The highest BCUT2D eigenvalue weighted by molar-refractivity contribution is 7.90. The fourth-order valence-corrected chi connectivity index (χ4v) is 3.72. The summed E-state index contributed by atoms with van der Waals surface area (Å²) < 4.78 is 22.9. The summed E-state index contributed by atoms with van der Waals surface area (Å²) in [6, 6.07) is 13.0. The van der Waals surface area contributed by atoms with Gasteiger partial charge in [0.25, 0.3) is 0 Å². The second-order valence-electron chi connectivity index (χ2n) is 6.39. The summed E-state index contributed by atoms with van der Waals surface area (Å²) in [6.45, 7) is 0.401. The summed E-state index contributed by atoms with van der Waals surface area (Å²) in [4.78, 5) is 4.67. The zero-order valence-electron chi connectivity index (χ0n) is 14.3. The summed E-state index contributed by atoms with van der Waals surface area (Å²) in [6.07, 6.45) is 5.83. The Morgan fingerprint density at radius 3 is 2.56 bits per heavy atom. The van der Waals surface area contributed by atoms with Gasteiger partial charge in [0.1, 0.15) is 0 Å². The zero-order valence-corrected chi connectivity index (χ0v) is 15.1. The predicted molar refractivity (Wildman–Crippen MR) is 102 cm³/mol. The molecule has 1 aliphatic rings. The van der Waals surface area contributed by atoms with Crippen molar-refractivity contribution in [3.05, 3.63) is 59.2 Å². The summed E-state index contributed by atoms with van der Waals surface area (Å²) >= 11 is 0. The van der Waals surface area contributed by atoms with Gasteiger partial charge in [-0.3, -0.25) is 0 Å². The molecule has 25 heavy (non-hydrogen) atoms. The van der Waals surface area contributed by atoms with E-state index in [4.69, 9.17) is 5.73 Å². The van der Waals surface area contributed by atoms with E-state index < -0.39 is 9.84 Å². The molecule has 0 saturated heterocycles. The summed E-state index contributed by atoms with van der Waals surface area (Å²) in [7, 11) is -3.17. The minimum absolute atomic E-state index is 0.308. The highest BCUT2D eigenvalue weighted by Crippen LogP contribution is 2.27. The van der Waals surface area contributed by atoms with Gasteiger partial charge in [-0.05, 0) is 60.6 Å². The SMILES string of the molecule is CS(=O)(=O)c1ccc(CN=C(N)Nc2cccc3c2CCCC3)cc1. The van der Waals surface area contributed by atoms with Crippen LogP contribution in [0.5, 0.6) is 0 Å². The van der Waals surface area contributed by atoms with Gasteiger partial charge >= 0.3 is 0 Å². The van der Waals surface area contributed by atoms with E-state index in [-0.39, 0.29) is 0 Å². The first-order chi connectivity index (χ1) is 11.9. The van der Waals surface area contributed by atoms with E-state index in [1.165, 1.54) is 30.2 Å². The first-order valence-electron chi connectivity index (χ1n) is 8.40. The molecular formula is C19H23N3O2S. The number of nitrogens with two attached hydrogens (primary N) is 1. The first kappa shape index (κ1) is 17.5. The van der Waals surface area contributed by atoms with Gasteiger partial charge in [0, 0.05) is 11.9 Å². The molecule has 0 unspecified atom stereocenters. The van der Waals surface area contributed by atoms with Gasteiger partial charge in [0.05, 0.1) is 11.4 Å². The lowest BCUT2D eigenvalue weighted by Gasteiger charge is -2.19. The lowest BCUT2D eigenvalue weighted by Crippen LogP contribution is -2.24. The molecule has 6 heteroatoms. The van der Waals surface area contributed by atoms with E-state index in [1.54, 1.807) is 24.3 Å². The Morgan fingerprint density at radius 1 is 1.12 bits per heavy atom. The molecule has 3 rings (SSSR count). The molecule has 2 aromatic carbocycles. The van der Waals surface area contributed by atoms with Gasteiger partial charge in [0.2, 0.25) is 0 Å². The van der Waals surface area contributed by atoms with Crippen molar-refractivity contribution in [3.8, 4) is 0 Å². The van der Waals surface area contributed by atoms with Crippen molar-refractivity contribution in [1.29, 1.82) is 0 Å². The molecule has 0 saturated carbocycles. The summed E-state index contributed by atoms with van der Waals surface area (Å²) in [5, 5.41) is 3.21. The fourth-order valence-electron chi connectivity index (χ4n) is 3.09. The average molecular weight is 357 g/mol. The number of benzene rings is 2. The number of anilines is 1. The van der Waals surface area contributed by atoms with Crippen LogP contribution < -0.4 is 11.1 Å². The number of hydrogen-bond acceptors (Lipinski definition) is 3. The molecule has 0 aromatic heterocycles. The highest BCUT2D eigenvalue weighted by Gasteiger charge is 2.13. The predicted octanol–water partition coefficient (Wildman–Crippen LogP) is 2.90. The Labute approximate surface area is 148 Å². The van der Waals surface area contributed by atoms with E-state index >= 15 is 0 Å². The standard InChI is InChI=1S/C19H23N3O2S/c1-25(23,24)16-11-9-14(10-12-16)13-21-19(20)22-18-8-4-6-15-5-2-3-7-17(15)18/h4,6,8-12H,2-3,5,7,13H2,1H3,(H3,20,21,22). The van der Waals surface area contributed by atoms with E-state index in [2.05, 4.69) is 16.4 Å². The lowest BCUT2D eigenvalue weighted by atomic mass is 9.90. The van der Waals surface area contributed by atoms with E-state index in [9.17, 15) is 8.42 Å². The minimum atomic E-state index is -3.17. The number of aryl methyl sites for hydroxylation is 1. The molecule has 0 heterocycles. The third-order valence-corrected chi connectivity index (χ3v) is 5.57. The Bertz CT molecular complexity index is 887. The number of sulfone groups is 1. The van der Waals surface area contributed by atoms with Crippen LogP contribution in [0.15, 0.2) is 52.4 Å². The number of aliphatic imine (C=N–C) groups is 1. The molecule has 1 aliphatic carbocycles. The summed E-state index contributed by atoms with van der Waals surface area (Å²) in [5.41, 5.74) is 10.7. The van der Waals surface area contributed by atoms with Gasteiger partial charge in [-0.15, -0.1) is 0 Å². The van der Waals surface area contributed by atoms with Crippen LogP contribution in [0.25, 0.3) is 0 Å². The van der Waals surface area contributed by atoms with Gasteiger partial charge in [-0.1, -0.05) is 24.3 Å². The smallest absolute Gasteiger partial charge is 0.193 e. The maximum absolute atomic E-state index is 11.5. The Hall–Kier alpha value is -2.34. The van der Waals surface area contributed by atoms with Crippen LogP contribution in [0.1, 0.15) is 29.5 Å². The molecule has 0 bridgehead atoms. The largest absolute Gasteiger partial charge is 0.370 e. The van der Waals surface area contributed by atoms with Gasteiger partial charge in [-0.2, -0.15) is 0 Å². The number of rotatable bonds is 4. The van der Waals surface area contributed by atoms with E-state index in [1.807, 2.05) is 12.1 Å². The van der Waals surface area contributed by atoms with Crippen molar-refractivity contribution in [1.82, 2.24) is 0 Å². The Kier molecular flexibility index (Phi) is 5.08. The summed E-state index contributed by atoms with van der Waals surface area (Å²) in [5.74, 6) is 0.367. The van der Waals surface area contributed by atoms with Crippen LogP contribution in [0, 0.1) is 0 Å². The molecule has 5 nitrogen and oxygen atoms in total. The normalized spacial score (nSPS) is 14.8. The number of hydrogen-bond donors (Lipinski definition) is 2. The fraction of sp³-hybridized carbons (Fsp3) is 0.316. The highest BCUT2D eigenvalue weighted by atomic mass is 32.2. The molecule has 0 amide bonds. The minimum Gasteiger partial charge on any atom is -0.370 e. The quantitative estimate of drug-likeness (QED) is 0.651. The van der Waals surface area contributed by atoms with Crippen LogP contribution in [0.4, 0.5) is 5.69 Å². The molecule has 132 valence electrons. The maximum atomic E-state index is 11.5. The molecule has 2 aromatic rings. The van der Waals surface area contributed by atoms with Crippen LogP contribution in [-0.4, -0.2) is 20.6 Å². The van der Waals surface area contributed by atoms with E-state index in [0.29, 0.717) is 17.4 Å². The number of nitrogens with one attached hydrogen (secondary N) is 1. The second kappa shape index (κ2) is 7.27. The first-order valence-corrected chi connectivity index (χ1v) is 10.3. The molecular weight excluding hydrogens is 334 g/mol. The molecule has 0 fully saturated rings. The van der Waals surface area contributed by atoms with Crippen molar-refractivity contribution in [2.45, 2.75) is 37.1 Å². The molecule has 0 aliphatic heterocycles. The average Bonchev–Trinajstić information content (AvgIpc) is 2.60. The monoisotopic (exact) mass is 357 g/mol. The van der Waals surface area contributed by atoms with Crippen molar-refractivity contribution in [2.24, 2.45) is 10.7 Å². The lowest BCUT2D eigenvalue weighted by molar-refractivity contribution is 0.602. The molecule has 0 spiro atoms. The van der Waals surface area contributed by atoms with Crippen molar-refractivity contribution < 1.29 is 8.42 Å². The number of fused-ring (bicyclic) bond motifs is 1. The van der Waals surface area contributed by atoms with Crippen LogP contribution >= 0.6 is 0 Å². The third kappa shape index (κ3) is 4.39. The number of guanidine groups is 1. The Balaban J connectivity index is 1.69. The van der Waals surface area contributed by atoms with Gasteiger partial charge < -0.3 is 11.1 Å². The molecule has 0 radical (unpaired) electrons. The van der Waals surface area contributed by atoms with Gasteiger partial charge in [-0.25, -0.2) is 13.4 Å². The maximum Gasteiger partial charge on any atom is 0.193 e. The van der Waals surface area contributed by atoms with Crippen LogP contribution in [0.2, 0.25) is 0 Å². The van der Waals surface area contributed by atoms with Crippen LogP contribution in [-0.2, 0) is 29.2 Å². The number of nitrogens with zero attached hydrogens (tertiary/aromatic N) is 1. The zero-order chi connectivity index (χ0) is 17.9. The topological polar surface area (TPSA) is 84.5 Å². The third-order valence-electron chi connectivity index (χ3n) is 4.44. The van der Waals surface area contributed by atoms with Gasteiger partial charge in [0.15, 0.2) is 15.8 Å². The van der Waals surface area contributed by atoms with E-state index in [0.717, 1.165) is 24.1 Å². The second-order valence-corrected chi connectivity index (χ2v) is 8.41. The Morgan fingerprint density at radius 2 is 1.84 bits per heavy atom.